The van der Waals surface area contributed by atoms with E-state index in [1.807, 2.05) is 50.4 Å². The van der Waals surface area contributed by atoms with E-state index in [9.17, 15) is 0 Å². The monoisotopic (exact) mass is 509 g/mol. The van der Waals surface area contributed by atoms with Crippen molar-refractivity contribution >= 4 is 40.3 Å². The van der Waals surface area contributed by atoms with Crippen LogP contribution in [0.25, 0.3) is 22.2 Å². The molecule has 1 aliphatic carbocycles. The van der Waals surface area contributed by atoms with Gasteiger partial charge in [-0.25, -0.2) is 9.97 Å². The van der Waals surface area contributed by atoms with Crippen molar-refractivity contribution in [3.05, 3.63) is 84.3 Å². The topological polar surface area (TPSA) is 53.4 Å². The summed E-state index contributed by atoms with van der Waals surface area (Å²) in [6.45, 7) is 17.9. The highest BCUT2D eigenvalue weighted by atomic mass is 15.1. The third-order valence-electron chi connectivity index (χ3n) is 6.62. The molecule has 0 unspecified atom stereocenters. The number of unbranched alkanes of at least 4 members (excludes halogenated alkanes) is 1. The lowest BCUT2D eigenvalue weighted by Gasteiger charge is -2.22. The molecule has 5 nitrogen and oxygen atoms in total. The van der Waals surface area contributed by atoms with Crippen molar-refractivity contribution in [3.8, 4) is 0 Å². The molecule has 200 valence electrons. The molecule has 1 aromatic heterocycles. The number of fused-ring (bicyclic) bond motifs is 1. The van der Waals surface area contributed by atoms with Gasteiger partial charge in [0.05, 0.1) is 33.8 Å². The molecular weight excluding hydrogens is 466 g/mol. The average molecular weight is 510 g/mol. The lowest BCUT2D eigenvalue weighted by molar-refractivity contribution is 0.293. The summed E-state index contributed by atoms with van der Waals surface area (Å²) in [6, 6.07) is 3.92. The molecule has 0 aliphatic heterocycles. The molecule has 1 heterocycles. The second-order valence-electron chi connectivity index (χ2n) is 9.58. The maximum absolute atomic E-state index is 5.12. The van der Waals surface area contributed by atoms with E-state index < -0.39 is 0 Å². The van der Waals surface area contributed by atoms with E-state index in [0.29, 0.717) is 0 Å². The molecule has 1 N–H and O–H groups in total. The molecule has 0 amide bonds. The van der Waals surface area contributed by atoms with Gasteiger partial charge in [0.1, 0.15) is 0 Å². The molecule has 0 fully saturated rings. The van der Waals surface area contributed by atoms with Crippen LogP contribution in [0.4, 0.5) is 11.4 Å². The van der Waals surface area contributed by atoms with Gasteiger partial charge in [0.15, 0.2) is 0 Å². The zero-order valence-corrected chi connectivity index (χ0v) is 23.6. The van der Waals surface area contributed by atoms with Gasteiger partial charge in [-0.15, -0.1) is 0 Å². The molecule has 0 spiro atoms. The summed E-state index contributed by atoms with van der Waals surface area (Å²) in [5, 5.41) is 3.19. The van der Waals surface area contributed by atoms with E-state index in [4.69, 9.17) is 9.97 Å². The van der Waals surface area contributed by atoms with Crippen LogP contribution >= 0.6 is 0 Å². The lowest BCUT2D eigenvalue weighted by atomic mass is 9.98. The van der Waals surface area contributed by atoms with Gasteiger partial charge in [-0.3, -0.25) is 9.89 Å². The first-order chi connectivity index (χ1) is 18.5. The normalized spacial score (nSPS) is 17.7. The van der Waals surface area contributed by atoms with Crippen LogP contribution in [-0.2, 0) is 0 Å². The standard InChI is InChI=1S/C33H43N5/c1-7-10-12-15-25(4)32-33(37-31-23-29(35-6)28(34-5)22-30(31)36-32)27-18-13-16-26(17-14-19-27)24-38(20-9-3)21-11-8-2/h7,10,12-13,15-17,19,22-23,35H,4-5,8-9,11,14,18,20-21,24H2,1-3,6H3/b10-7-,15-12-,16-13-,26-17+,27-19+. The Labute approximate surface area is 229 Å². The third kappa shape index (κ3) is 7.72. The number of allylic oxidation sites excluding steroid dienone is 9. The fraction of sp³-hybridized carbons (Fsp3) is 0.364. The Morgan fingerprint density at radius 3 is 2.63 bits per heavy atom. The number of aromatic nitrogens is 2. The average Bonchev–Trinajstić information content (AvgIpc) is 2.91. The van der Waals surface area contributed by atoms with Crippen molar-refractivity contribution in [1.82, 2.24) is 14.9 Å². The summed E-state index contributed by atoms with van der Waals surface area (Å²) in [6.07, 6.45) is 22.5. The van der Waals surface area contributed by atoms with Crippen molar-refractivity contribution in [2.75, 3.05) is 32.0 Å². The Morgan fingerprint density at radius 2 is 1.92 bits per heavy atom. The molecule has 0 saturated heterocycles. The van der Waals surface area contributed by atoms with Crippen LogP contribution in [0, 0.1) is 0 Å². The number of anilines is 1. The second kappa shape index (κ2) is 15.0. The summed E-state index contributed by atoms with van der Waals surface area (Å²) in [4.78, 5) is 16.9. The number of nitrogens with zero attached hydrogens (tertiary/aromatic N) is 4. The van der Waals surface area contributed by atoms with Gasteiger partial charge in [-0.1, -0.05) is 75.5 Å². The largest absolute Gasteiger partial charge is 0.386 e. The molecular formula is C33H43N5. The van der Waals surface area contributed by atoms with Gasteiger partial charge in [-0.05, 0) is 81.3 Å². The summed E-state index contributed by atoms with van der Waals surface area (Å²) in [5.74, 6) is 0. The molecule has 1 aliphatic rings. The first kappa shape index (κ1) is 29.0. The molecule has 0 atom stereocenters. The van der Waals surface area contributed by atoms with Crippen LogP contribution in [0.1, 0.15) is 64.3 Å². The van der Waals surface area contributed by atoms with Crippen molar-refractivity contribution in [3.63, 3.8) is 0 Å². The SMILES string of the molecule is C=Nc1cc2nc(C(=C)/C=C\C=C/C)c(/C3=C/C/C=C(CN(CCC)CCCC)\C=C/C3)nc2cc1NC. The molecule has 5 heteroatoms. The minimum atomic E-state index is 0.755. The Balaban J connectivity index is 2.00. The van der Waals surface area contributed by atoms with E-state index in [2.05, 4.69) is 66.7 Å². The van der Waals surface area contributed by atoms with Gasteiger partial charge in [0.2, 0.25) is 0 Å². The molecule has 38 heavy (non-hydrogen) atoms. The Bertz CT molecular complexity index is 1280. The summed E-state index contributed by atoms with van der Waals surface area (Å²) in [5.41, 5.74) is 8.28. The highest BCUT2D eigenvalue weighted by molar-refractivity contribution is 5.90. The highest BCUT2D eigenvalue weighted by Gasteiger charge is 2.16. The Hall–Kier alpha value is -3.57. The zero-order valence-electron chi connectivity index (χ0n) is 23.6. The molecule has 0 radical (unpaired) electrons. The van der Waals surface area contributed by atoms with Crippen molar-refractivity contribution in [2.24, 2.45) is 4.99 Å². The fourth-order valence-electron chi connectivity index (χ4n) is 4.61. The molecule has 0 saturated carbocycles. The van der Waals surface area contributed by atoms with E-state index in [1.54, 1.807) is 0 Å². The molecule has 2 aromatic rings. The fourth-order valence-corrected chi connectivity index (χ4v) is 4.61. The Morgan fingerprint density at radius 1 is 1.11 bits per heavy atom. The second-order valence-corrected chi connectivity index (χ2v) is 9.58. The van der Waals surface area contributed by atoms with Crippen LogP contribution in [0.2, 0.25) is 0 Å². The number of benzene rings is 1. The summed E-state index contributed by atoms with van der Waals surface area (Å²) >= 11 is 0. The maximum Gasteiger partial charge on any atom is 0.0963 e. The minimum Gasteiger partial charge on any atom is -0.386 e. The summed E-state index contributed by atoms with van der Waals surface area (Å²) in [7, 11) is 1.88. The van der Waals surface area contributed by atoms with E-state index >= 15 is 0 Å². The number of rotatable bonds is 13. The maximum atomic E-state index is 5.12. The van der Waals surface area contributed by atoms with Gasteiger partial charge in [0.25, 0.3) is 0 Å². The number of nitrogens with one attached hydrogen (secondary N) is 1. The predicted octanol–water partition coefficient (Wildman–Crippen LogP) is 8.32. The van der Waals surface area contributed by atoms with Gasteiger partial charge >= 0.3 is 0 Å². The smallest absolute Gasteiger partial charge is 0.0963 e. The van der Waals surface area contributed by atoms with Crippen LogP contribution in [0.5, 0.6) is 0 Å². The van der Waals surface area contributed by atoms with Crippen LogP contribution in [0.15, 0.2) is 77.9 Å². The van der Waals surface area contributed by atoms with E-state index in [-0.39, 0.29) is 0 Å². The lowest BCUT2D eigenvalue weighted by Crippen LogP contribution is -2.27. The quantitative estimate of drug-likeness (QED) is 0.218. The predicted molar refractivity (Wildman–Crippen MR) is 167 cm³/mol. The number of aliphatic imine (C=N–C) groups is 1. The Kier molecular flexibility index (Phi) is 11.4. The van der Waals surface area contributed by atoms with Crippen LogP contribution < -0.4 is 5.32 Å². The van der Waals surface area contributed by atoms with E-state index in [1.165, 1.54) is 24.8 Å². The highest BCUT2D eigenvalue weighted by Crippen LogP contribution is 2.33. The van der Waals surface area contributed by atoms with Crippen LogP contribution in [-0.4, -0.2) is 48.3 Å². The molecule has 3 rings (SSSR count). The first-order valence-corrected chi connectivity index (χ1v) is 13.8. The first-order valence-electron chi connectivity index (χ1n) is 13.8. The van der Waals surface area contributed by atoms with Gasteiger partial charge in [-0.2, -0.15) is 0 Å². The van der Waals surface area contributed by atoms with Gasteiger partial charge in [0, 0.05) is 13.6 Å². The number of hydrogen-bond donors (Lipinski definition) is 1. The molecule has 1 aromatic carbocycles. The van der Waals surface area contributed by atoms with Crippen molar-refractivity contribution < 1.29 is 0 Å². The van der Waals surface area contributed by atoms with Crippen molar-refractivity contribution in [1.29, 1.82) is 0 Å². The van der Waals surface area contributed by atoms with Gasteiger partial charge < -0.3 is 5.32 Å². The zero-order chi connectivity index (χ0) is 27.3. The summed E-state index contributed by atoms with van der Waals surface area (Å²) < 4.78 is 0. The third-order valence-corrected chi connectivity index (χ3v) is 6.62. The minimum absolute atomic E-state index is 0.755. The molecule has 0 bridgehead atoms. The van der Waals surface area contributed by atoms with Crippen LogP contribution in [0.3, 0.4) is 0 Å². The van der Waals surface area contributed by atoms with E-state index in [0.717, 1.165) is 77.4 Å². The van der Waals surface area contributed by atoms with Crippen molar-refractivity contribution in [2.45, 2.75) is 52.9 Å². The number of hydrogen-bond acceptors (Lipinski definition) is 5.